The van der Waals surface area contributed by atoms with Crippen molar-refractivity contribution in [2.75, 3.05) is 6.61 Å². The van der Waals surface area contributed by atoms with E-state index in [0.29, 0.717) is 15.9 Å². The number of aromatic amines is 1. The van der Waals surface area contributed by atoms with E-state index >= 15 is 0 Å². The lowest BCUT2D eigenvalue weighted by Crippen LogP contribution is -2.12. The van der Waals surface area contributed by atoms with Crippen molar-refractivity contribution in [1.82, 2.24) is 9.97 Å². The Balaban J connectivity index is 1.83. The first-order valence-corrected chi connectivity index (χ1v) is 7.15. The Hall–Kier alpha value is -0.100. The maximum atomic E-state index is 5.86. The lowest BCUT2D eigenvalue weighted by atomic mass is 9.95. The summed E-state index contributed by atoms with van der Waals surface area (Å²) in [5.74, 6) is 1.25. The van der Waals surface area contributed by atoms with Gasteiger partial charge >= 0.3 is 0 Å². The summed E-state index contributed by atoms with van der Waals surface area (Å²) in [5.41, 5.74) is 1.22. The summed E-state index contributed by atoms with van der Waals surface area (Å²) in [6.07, 6.45) is 6.40. The topological polar surface area (TPSA) is 37.9 Å². The van der Waals surface area contributed by atoms with E-state index in [2.05, 4.69) is 46.4 Å². The zero-order valence-electron chi connectivity index (χ0n) is 9.82. The first kappa shape index (κ1) is 12.4. The van der Waals surface area contributed by atoms with Crippen LogP contribution >= 0.6 is 22.6 Å². The SMILES string of the molecule is CC(CC1CC(C(C)I)CO1)c1cnc[nH]1. The molecule has 1 aliphatic heterocycles. The molecule has 16 heavy (non-hydrogen) atoms. The van der Waals surface area contributed by atoms with Crippen molar-refractivity contribution in [3.8, 4) is 0 Å². The smallest absolute Gasteiger partial charge is 0.0921 e. The number of hydrogen-bond donors (Lipinski definition) is 1. The third-order valence-electron chi connectivity index (χ3n) is 3.43. The fourth-order valence-corrected chi connectivity index (χ4v) is 2.78. The molecule has 90 valence electrons. The molecule has 3 nitrogen and oxygen atoms in total. The van der Waals surface area contributed by atoms with E-state index in [1.54, 1.807) is 6.33 Å². The lowest BCUT2D eigenvalue weighted by molar-refractivity contribution is 0.0955. The van der Waals surface area contributed by atoms with Crippen molar-refractivity contribution in [1.29, 1.82) is 0 Å². The summed E-state index contributed by atoms with van der Waals surface area (Å²) in [6.45, 7) is 5.44. The molecule has 0 radical (unpaired) electrons. The predicted molar refractivity (Wildman–Crippen MR) is 72.9 cm³/mol. The van der Waals surface area contributed by atoms with Crippen LogP contribution in [0, 0.1) is 5.92 Å². The van der Waals surface area contributed by atoms with E-state index in [9.17, 15) is 0 Å². The van der Waals surface area contributed by atoms with Gasteiger partial charge in [-0.15, -0.1) is 0 Å². The molecule has 4 unspecified atom stereocenters. The highest BCUT2D eigenvalue weighted by Crippen LogP contribution is 2.31. The standard InChI is InChI=1S/C12H19IN2O/c1-8(12-5-14-7-15-12)3-11-4-10(6-16-11)9(2)13/h5,7-11H,3-4,6H2,1-2H3,(H,14,15). The second-order valence-corrected chi connectivity index (χ2v) is 6.74. The van der Waals surface area contributed by atoms with Gasteiger partial charge < -0.3 is 9.72 Å². The Morgan fingerprint density at radius 1 is 1.62 bits per heavy atom. The monoisotopic (exact) mass is 334 g/mol. The summed E-state index contributed by atoms with van der Waals surface area (Å²) < 4.78 is 6.57. The molecule has 1 aromatic rings. The average Bonchev–Trinajstić information content (AvgIpc) is 2.87. The van der Waals surface area contributed by atoms with E-state index in [-0.39, 0.29) is 0 Å². The Labute approximate surface area is 111 Å². The number of nitrogens with one attached hydrogen (secondary N) is 1. The molecule has 4 atom stereocenters. The highest BCUT2D eigenvalue weighted by molar-refractivity contribution is 14.1. The number of halogens is 1. The van der Waals surface area contributed by atoms with Crippen molar-refractivity contribution in [3.63, 3.8) is 0 Å². The van der Waals surface area contributed by atoms with E-state index in [1.165, 1.54) is 12.1 Å². The van der Waals surface area contributed by atoms with Crippen molar-refractivity contribution in [2.24, 2.45) is 5.92 Å². The van der Waals surface area contributed by atoms with Crippen LogP contribution in [0.3, 0.4) is 0 Å². The van der Waals surface area contributed by atoms with Gasteiger partial charge in [0.15, 0.2) is 0 Å². The largest absolute Gasteiger partial charge is 0.378 e. The first-order chi connectivity index (χ1) is 7.66. The molecule has 1 aromatic heterocycles. The second-order valence-electron chi connectivity index (χ2n) is 4.77. The second kappa shape index (κ2) is 5.49. The van der Waals surface area contributed by atoms with Crippen LogP contribution in [0.1, 0.15) is 38.3 Å². The van der Waals surface area contributed by atoms with Crippen LogP contribution in [-0.2, 0) is 4.74 Å². The van der Waals surface area contributed by atoms with Crippen molar-refractivity contribution in [3.05, 3.63) is 18.2 Å². The van der Waals surface area contributed by atoms with Gasteiger partial charge in [-0.2, -0.15) is 0 Å². The normalized spacial score (nSPS) is 29.2. The Morgan fingerprint density at radius 2 is 2.44 bits per heavy atom. The molecule has 2 rings (SSSR count). The molecule has 0 spiro atoms. The molecule has 0 aromatic carbocycles. The van der Waals surface area contributed by atoms with Gasteiger partial charge in [-0.1, -0.05) is 36.4 Å². The number of alkyl halides is 1. The number of imidazole rings is 1. The zero-order valence-corrected chi connectivity index (χ0v) is 12.0. The van der Waals surface area contributed by atoms with E-state index < -0.39 is 0 Å². The average molecular weight is 334 g/mol. The number of ether oxygens (including phenoxy) is 1. The molecule has 1 fully saturated rings. The number of aromatic nitrogens is 2. The van der Waals surface area contributed by atoms with E-state index in [4.69, 9.17) is 4.74 Å². The molecular formula is C12H19IN2O. The quantitative estimate of drug-likeness (QED) is 0.679. The van der Waals surface area contributed by atoms with Crippen molar-refractivity contribution in [2.45, 2.75) is 42.6 Å². The van der Waals surface area contributed by atoms with Crippen LogP contribution in [0.4, 0.5) is 0 Å². The first-order valence-electron chi connectivity index (χ1n) is 5.90. The maximum Gasteiger partial charge on any atom is 0.0921 e. The highest BCUT2D eigenvalue weighted by atomic mass is 127. The number of H-pyrrole nitrogens is 1. The minimum atomic E-state index is 0.431. The van der Waals surface area contributed by atoms with Gasteiger partial charge in [0, 0.05) is 21.7 Å². The minimum Gasteiger partial charge on any atom is -0.378 e. The molecule has 0 bridgehead atoms. The number of rotatable bonds is 4. The third kappa shape index (κ3) is 2.97. The van der Waals surface area contributed by atoms with Crippen LogP contribution in [0.2, 0.25) is 0 Å². The lowest BCUT2D eigenvalue weighted by Gasteiger charge is -2.15. The summed E-state index contributed by atoms with van der Waals surface area (Å²) in [6, 6.07) is 0. The van der Waals surface area contributed by atoms with Crippen molar-refractivity contribution < 1.29 is 4.74 Å². The summed E-state index contributed by atoms with van der Waals surface area (Å²) >= 11 is 2.50. The molecule has 1 saturated heterocycles. The number of hydrogen-bond acceptors (Lipinski definition) is 2. The van der Waals surface area contributed by atoms with Gasteiger partial charge in [0.25, 0.3) is 0 Å². The Bertz CT molecular complexity index is 313. The Morgan fingerprint density at radius 3 is 3.00 bits per heavy atom. The molecule has 1 aliphatic rings. The highest BCUT2D eigenvalue weighted by Gasteiger charge is 2.29. The van der Waals surface area contributed by atoms with Crippen LogP contribution in [-0.4, -0.2) is 26.6 Å². The molecule has 1 N–H and O–H groups in total. The minimum absolute atomic E-state index is 0.431. The van der Waals surface area contributed by atoms with Gasteiger partial charge in [0.1, 0.15) is 0 Å². The maximum absolute atomic E-state index is 5.86. The van der Waals surface area contributed by atoms with Crippen LogP contribution in [0.15, 0.2) is 12.5 Å². The molecular weight excluding hydrogens is 315 g/mol. The van der Waals surface area contributed by atoms with Gasteiger partial charge in [0.2, 0.25) is 0 Å². The van der Waals surface area contributed by atoms with Gasteiger partial charge in [0.05, 0.1) is 19.0 Å². The van der Waals surface area contributed by atoms with E-state index in [1.807, 2.05) is 6.20 Å². The zero-order chi connectivity index (χ0) is 11.5. The van der Waals surface area contributed by atoms with Gasteiger partial charge in [-0.3, -0.25) is 0 Å². The molecule has 0 aliphatic carbocycles. The Kier molecular flexibility index (Phi) is 4.24. The fraction of sp³-hybridized carbons (Fsp3) is 0.750. The molecule has 0 amide bonds. The molecule has 0 saturated carbocycles. The van der Waals surface area contributed by atoms with E-state index in [0.717, 1.165) is 18.9 Å². The summed E-state index contributed by atoms with van der Waals surface area (Å²) in [7, 11) is 0. The van der Waals surface area contributed by atoms with Gasteiger partial charge in [-0.05, 0) is 18.8 Å². The molecule has 2 heterocycles. The third-order valence-corrected chi connectivity index (χ3v) is 4.45. The predicted octanol–water partition coefficient (Wildman–Crippen LogP) is 3.13. The summed E-state index contributed by atoms with van der Waals surface area (Å²) in [5, 5.41) is 0. The summed E-state index contributed by atoms with van der Waals surface area (Å²) in [4.78, 5) is 7.24. The number of nitrogens with zero attached hydrogens (tertiary/aromatic N) is 1. The van der Waals surface area contributed by atoms with Crippen LogP contribution < -0.4 is 0 Å². The van der Waals surface area contributed by atoms with Crippen molar-refractivity contribution >= 4 is 22.6 Å². The fourth-order valence-electron chi connectivity index (χ4n) is 2.28. The van der Waals surface area contributed by atoms with Gasteiger partial charge in [-0.25, -0.2) is 4.98 Å². The molecule has 4 heteroatoms. The van der Waals surface area contributed by atoms with Crippen LogP contribution in [0.25, 0.3) is 0 Å². The van der Waals surface area contributed by atoms with Crippen LogP contribution in [0.5, 0.6) is 0 Å².